The Bertz CT molecular complexity index is 669. The average Bonchev–Trinajstić information content (AvgIpc) is 2.37. The molecule has 0 aromatic heterocycles. The van der Waals surface area contributed by atoms with Crippen molar-refractivity contribution in [2.75, 3.05) is 0 Å². The number of aliphatic hydroxyl groups is 1. The lowest BCUT2D eigenvalue weighted by atomic mass is 9.98. The molecular formula is C14H8ClF5O. The normalized spacial score (nSPS) is 13.3. The highest BCUT2D eigenvalue weighted by Crippen LogP contribution is 2.35. The van der Waals surface area contributed by atoms with Gasteiger partial charge in [-0.25, -0.2) is 8.78 Å². The summed E-state index contributed by atoms with van der Waals surface area (Å²) in [7, 11) is 0. The Labute approximate surface area is 121 Å². The molecule has 0 radical (unpaired) electrons. The van der Waals surface area contributed by atoms with Crippen LogP contribution in [-0.2, 0) is 6.18 Å². The monoisotopic (exact) mass is 322 g/mol. The summed E-state index contributed by atoms with van der Waals surface area (Å²) in [6.07, 6.45) is -6.78. The molecule has 0 fully saturated rings. The van der Waals surface area contributed by atoms with E-state index in [1.165, 1.54) is 6.07 Å². The lowest BCUT2D eigenvalue weighted by Crippen LogP contribution is -2.12. The molecule has 1 nitrogen and oxygen atoms in total. The third kappa shape index (κ3) is 3.16. The molecule has 0 saturated heterocycles. The van der Waals surface area contributed by atoms with Gasteiger partial charge in [-0.3, -0.25) is 0 Å². The first kappa shape index (κ1) is 15.7. The van der Waals surface area contributed by atoms with Crippen LogP contribution in [0.4, 0.5) is 22.0 Å². The Kier molecular flexibility index (Phi) is 4.20. The van der Waals surface area contributed by atoms with Crippen LogP contribution in [0.3, 0.4) is 0 Å². The smallest absolute Gasteiger partial charge is 0.383 e. The number of hydrogen-bond acceptors (Lipinski definition) is 1. The summed E-state index contributed by atoms with van der Waals surface area (Å²) in [5.74, 6) is -2.57. The number of alkyl halides is 3. The fourth-order valence-electron chi connectivity index (χ4n) is 1.87. The van der Waals surface area contributed by atoms with Crippen molar-refractivity contribution in [2.24, 2.45) is 0 Å². The van der Waals surface area contributed by atoms with E-state index >= 15 is 0 Å². The minimum Gasteiger partial charge on any atom is -0.383 e. The molecule has 1 unspecified atom stereocenters. The van der Waals surface area contributed by atoms with Gasteiger partial charge < -0.3 is 5.11 Å². The lowest BCUT2D eigenvalue weighted by Gasteiger charge is -2.16. The zero-order valence-corrected chi connectivity index (χ0v) is 11.0. The minimum atomic E-state index is -4.90. The molecule has 2 aromatic carbocycles. The number of rotatable bonds is 2. The Morgan fingerprint density at radius 1 is 1.00 bits per heavy atom. The summed E-state index contributed by atoms with van der Waals surface area (Å²) in [6, 6.07) is 5.66. The molecule has 2 aromatic rings. The highest BCUT2D eigenvalue weighted by atomic mass is 35.5. The van der Waals surface area contributed by atoms with Gasteiger partial charge in [0.2, 0.25) is 0 Å². The van der Waals surface area contributed by atoms with Crippen LogP contribution in [-0.4, -0.2) is 5.11 Å². The molecule has 0 saturated carbocycles. The topological polar surface area (TPSA) is 20.2 Å². The van der Waals surface area contributed by atoms with E-state index in [9.17, 15) is 27.1 Å². The number of aliphatic hydroxyl groups excluding tert-OH is 1. The zero-order chi connectivity index (χ0) is 15.8. The van der Waals surface area contributed by atoms with Crippen LogP contribution in [0.15, 0.2) is 36.4 Å². The molecule has 112 valence electrons. The van der Waals surface area contributed by atoms with Gasteiger partial charge in [0.05, 0.1) is 5.56 Å². The third-order valence-corrected chi connectivity index (χ3v) is 3.12. The summed E-state index contributed by atoms with van der Waals surface area (Å²) in [6.45, 7) is 0. The van der Waals surface area contributed by atoms with Gasteiger partial charge in [0, 0.05) is 16.1 Å². The first-order valence-corrected chi connectivity index (χ1v) is 6.08. The van der Waals surface area contributed by atoms with Gasteiger partial charge >= 0.3 is 6.18 Å². The van der Waals surface area contributed by atoms with E-state index in [1.807, 2.05) is 0 Å². The van der Waals surface area contributed by atoms with Gasteiger partial charge in [-0.1, -0.05) is 29.8 Å². The van der Waals surface area contributed by atoms with Crippen molar-refractivity contribution in [3.8, 4) is 0 Å². The second kappa shape index (κ2) is 5.61. The summed E-state index contributed by atoms with van der Waals surface area (Å²) >= 11 is 5.54. The van der Waals surface area contributed by atoms with E-state index in [-0.39, 0.29) is 10.6 Å². The number of hydrogen-bond donors (Lipinski definition) is 1. The van der Waals surface area contributed by atoms with Crippen molar-refractivity contribution in [3.05, 3.63) is 69.7 Å². The van der Waals surface area contributed by atoms with E-state index < -0.39 is 35.0 Å². The maximum atomic E-state index is 13.9. The maximum absolute atomic E-state index is 13.9. The molecule has 2 rings (SSSR count). The predicted molar refractivity (Wildman–Crippen MR) is 66.9 cm³/mol. The van der Waals surface area contributed by atoms with Crippen LogP contribution in [0.2, 0.25) is 5.02 Å². The summed E-state index contributed by atoms with van der Waals surface area (Å²) < 4.78 is 65.4. The van der Waals surface area contributed by atoms with Crippen LogP contribution < -0.4 is 0 Å². The first-order valence-electron chi connectivity index (χ1n) is 5.70. The largest absolute Gasteiger partial charge is 0.419 e. The Balaban J connectivity index is 2.51. The average molecular weight is 323 g/mol. The molecule has 1 atom stereocenters. The molecular weight excluding hydrogens is 315 g/mol. The SMILES string of the molecule is OC(c1ccc(Cl)cc1F)c1cccc(C(F)(F)F)c1F. The fraction of sp³-hybridized carbons (Fsp3) is 0.143. The van der Waals surface area contributed by atoms with Crippen LogP contribution in [0.25, 0.3) is 0 Å². The highest BCUT2D eigenvalue weighted by Gasteiger charge is 2.36. The van der Waals surface area contributed by atoms with Gasteiger partial charge in [0.1, 0.15) is 17.7 Å². The number of benzene rings is 2. The quantitative estimate of drug-likeness (QED) is 0.793. The summed E-state index contributed by atoms with van der Waals surface area (Å²) in [4.78, 5) is 0. The molecule has 21 heavy (non-hydrogen) atoms. The van der Waals surface area contributed by atoms with E-state index in [4.69, 9.17) is 11.6 Å². The van der Waals surface area contributed by atoms with E-state index in [0.717, 1.165) is 24.3 Å². The molecule has 0 aliphatic heterocycles. The third-order valence-electron chi connectivity index (χ3n) is 2.89. The molecule has 0 heterocycles. The van der Waals surface area contributed by atoms with E-state index in [0.29, 0.717) is 6.07 Å². The van der Waals surface area contributed by atoms with E-state index in [2.05, 4.69) is 0 Å². The second-order valence-corrected chi connectivity index (χ2v) is 4.71. The van der Waals surface area contributed by atoms with Gasteiger partial charge in [-0.05, 0) is 18.2 Å². The minimum absolute atomic E-state index is 0.0490. The summed E-state index contributed by atoms with van der Waals surface area (Å²) in [5.41, 5.74) is -2.54. The Morgan fingerprint density at radius 3 is 2.24 bits per heavy atom. The molecule has 0 bridgehead atoms. The van der Waals surface area contributed by atoms with Crippen LogP contribution in [0.5, 0.6) is 0 Å². The van der Waals surface area contributed by atoms with Crippen molar-refractivity contribution in [2.45, 2.75) is 12.3 Å². The van der Waals surface area contributed by atoms with Crippen molar-refractivity contribution < 1.29 is 27.1 Å². The molecule has 0 aliphatic rings. The predicted octanol–water partition coefficient (Wildman–Crippen LogP) is 4.72. The second-order valence-electron chi connectivity index (χ2n) is 4.27. The highest BCUT2D eigenvalue weighted by molar-refractivity contribution is 6.30. The Morgan fingerprint density at radius 2 is 1.67 bits per heavy atom. The van der Waals surface area contributed by atoms with Gasteiger partial charge in [0.15, 0.2) is 0 Å². The first-order chi connectivity index (χ1) is 9.71. The van der Waals surface area contributed by atoms with Gasteiger partial charge in [0.25, 0.3) is 0 Å². The van der Waals surface area contributed by atoms with Crippen LogP contribution >= 0.6 is 11.6 Å². The maximum Gasteiger partial charge on any atom is 0.419 e. The molecule has 1 N–H and O–H groups in total. The van der Waals surface area contributed by atoms with Crippen molar-refractivity contribution in [1.29, 1.82) is 0 Å². The molecule has 0 amide bonds. The molecule has 0 spiro atoms. The van der Waals surface area contributed by atoms with Gasteiger partial charge in [-0.15, -0.1) is 0 Å². The lowest BCUT2D eigenvalue weighted by molar-refractivity contribution is -0.140. The van der Waals surface area contributed by atoms with Crippen molar-refractivity contribution >= 4 is 11.6 Å². The zero-order valence-electron chi connectivity index (χ0n) is 10.3. The van der Waals surface area contributed by atoms with Crippen molar-refractivity contribution in [3.63, 3.8) is 0 Å². The molecule has 7 heteroatoms. The van der Waals surface area contributed by atoms with Crippen molar-refractivity contribution in [1.82, 2.24) is 0 Å². The van der Waals surface area contributed by atoms with Crippen LogP contribution in [0, 0.1) is 11.6 Å². The van der Waals surface area contributed by atoms with Gasteiger partial charge in [-0.2, -0.15) is 13.2 Å². The summed E-state index contributed by atoms with van der Waals surface area (Å²) in [5, 5.41) is 9.99. The van der Waals surface area contributed by atoms with Crippen LogP contribution in [0.1, 0.15) is 22.8 Å². The van der Waals surface area contributed by atoms with E-state index in [1.54, 1.807) is 0 Å². The standard InChI is InChI=1S/C14H8ClF5O/c15-7-4-5-8(11(16)6-7)13(21)9-2-1-3-10(12(9)17)14(18,19)20/h1-6,13,21H. The Hall–Kier alpha value is -1.66. The fourth-order valence-corrected chi connectivity index (χ4v) is 2.03. The molecule has 0 aliphatic carbocycles. The number of halogens is 6.